The van der Waals surface area contributed by atoms with Crippen molar-refractivity contribution in [3.05, 3.63) is 16.7 Å². The predicted octanol–water partition coefficient (Wildman–Crippen LogP) is -0.0468. The molecule has 0 saturated carbocycles. The van der Waals surface area contributed by atoms with E-state index < -0.39 is 42.0 Å². The first-order chi connectivity index (χ1) is 16.4. The van der Waals surface area contributed by atoms with Gasteiger partial charge in [-0.2, -0.15) is 4.98 Å². The number of esters is 2. The van der Waals surface area contributed by atoms with Crippen molar-refractivity contribution in [3.63, 3.8) is 0 Å². The molecule has 0 aliphatic carbocycles. The van der Waals surface area contributed by atoms with E-state index in [-0.39, 0.29) is 41.3 Å². The van der Waals surface area contributed by atoms with Crippen LogP contribution >= 0.6 is 0 Å². The Morgan fingerprint density at radius 2 is 1.80 bits per heavy atom. The van der Waals surface area contributed by atoms with Crippen molar-refractivity contribution in [2.75, 3.05) is 19.4 Å². The molecule has 1 saturated heterocycles. The number of amides is 2. The molecule has 2 amide bonds. The van der Waals surface area contributed by atoms with Crippen LogP contribution in [0.3, 0.4) is 0 Å². The van der Waals surface area contributed by atoms with Crippen molar-refractivity contribution in [1.82, 2.24) is 24.4 Å². The van der Waals surface area contributed by atoms with Gasteiger partial charge in [0.05, 0.1) is 12.7 Å². The Bertz CT molecular complexity index is 1200. The molecule has 0 bridgehead atoms. The first-order valence-electron chi connectivity index (χ1n) is 10.9. The minimum Gasteiger partial charge on any atom is -0.456 e. The Morgan fingerprint density at radius 1 is 1.17 bits per heavy atom. The maximum Gasteiger partial charge on any atom is 0.303 e. The highest BCUT2D eigenvalue weighted by molar-refractivity contribution is 5.91. The number of nitrogens with zero attached hydrogens (tertiary/aromatic N) is 4. The minimum atomic E-state index is -1.18. The van der Waals surface area contributed by atoms with Crippen LogP contribution in [0.25, 0.3) is 11.2 Å². The van der Waals surface area contributed by atoms with Gasteiger partial charge < -0.3 is 19.1 Å². The zero-order valence-corrected chi connectivity index (χ0v) is 20.2. The second-order valence-corrected chi connectivity index (χ2v) is 8.59. The maximum absolute atomic E-state index is 12.6. The van der Waals surface area contributed by atoms with Crippen molar-refractivity contribution in [2.24, 2.45) is 5.92 Å². The molecule has 2 aromatic rings. The van der Waals surface area contributed by atoms with Crippen LogP contribution in [0.5, 0.6) is 0 Å². The number of hydrogen-bond acceptors (Lipinski definition) is 10. The molecule has 2 N–H and O–H groups in total. The van der Waals surface area contributed by atoms with Gasteiger partial charge in [-0.05, 0) is 0 Å². The Morgan fingerprint density at radius 3 is 2.37 bits per heavy atom. The molecule has 0 aromatic carbocycles. The summed E-state index contributed by atoms with van der Waals surface area (Å²) in [6.45, 7) is 5.71. The van der Waals surface area contributed by atoms with Crippen LogP contribution in [-0.2, 0) is 33.4 Å². The van der Waals surface area contributed by atoms with Crippen LogP contribution in [0.4, 0.5) is 5.95 Å². The average molecular weight is 492 g/mol. The highest BCUT2D eigenvalue weighted by Crippen LogP contribution is 2.37. The van der Waals surface area contributed by atoms with E-state index in [4.69, 9.17) is 14.2 Å². The third-order valence-electron chi connectivity index (χ3n) is 5.24. The van der Waals surface area contributed by atoms with E-state index in [0.717, 1.165) is 0 Å². The molecule has 14 nitrogen and oxygen atoms in total. The second-order valence-electron chi connectivity index (χ2n) is 8.59. The van der Waals surface area contributed by atoms with E-state index in [1.165, 1.54) is 29.6 Å². The number of fused-ring (bicyclic) bond motifs is 1. The van der Waals surface area contributed by atoms with Crippen molar-refractivity contribution < 1.29 is 33.4 Å². The van der Waals surface area contributed by atoms with Gasteiger partial charge in [0, 0.05) is 33.9 Å². The summed E-state index contributed by atoms with van der Waals surface area (Å²) < 4.78 is 18.2. The molecule has 4 atom stereocenters. The highest BCUT2D eigenvalue weighted by Gasteiger charge is 2.51. The van der Waals surface area contributed by atoms with E-state index >= 15 is 0 Å². The third-order valence-corrected chi connectivity index (χ3v) is 5.24. The summed E-state index contributed by atoms with van der Waals surface area (Å²) in [4.78, 5) is 72.9. The van der Waals surface area contributed by atoms with Crippen molar-refractivity contribution in [1.29, 1.82) is 0 Å². The summed E-state index contributed by atoms with van der Waals surface area (Å²) in [5.74, 6) is -2.50. The van der Waals surface area contributed by atoms with Crippen LogP contribution < -0.4 is 10.9 Å². The number of ether oxygens (including phenoxy) is 3. The number of imidazole rings is 1. The molecular weight excluding hydrogens is 464 g/mol. The fourth-order valence-electron chi connectivity index (χ4n) is 3.53. The first-order valence-corrected chi connectivity index (χ1v) is 10.9. The van der Waals surface area contributed by atoms with Gasteiger partial charge in [-0.15, -0.1) is 0 Å². The van der Waals surface area contributed by atoms with Crippen LogP contribution in [0, 0.1) is 5.92 Å². The number of carbonyl (C=O) groups excluding carboxylic acids is 4. The molecule has 3 rings (SSSR count). The minimum absolute atomic E-state index is 0.0242. The predicted molar refractivity (Wildman–Crippen MR) is 120 cm³/mol. The lowest BCUT2D eigenvalue weighted by atomic mass is 10.1. The van der Waals surface area contributed by atoms with Gasteiger partial charge in [0.2, 0.25) is 17.8 Å². The highest BCUT2D eigenvalue weighted by atomic mass is 16.6. The molecule has 190 valence electrons. The summed E-state index contributed by atoms with van der Waals surface area (Å²) in [5.41, 5.74) is -0.656. The lowest BCUT2D eigenvalue weighted by Crippen LogP contribution is -2.40. The van der Waals surface area contributed by atoms with Gasteiger partial charge in [-0.25, -0.2) is 4.98 Å². The molecule has 2 aromatic heterocycles. The zero-order chi connectivity index (χ0) is 26.0. The maximum atomic E-state index is 12.6. The smallest absolute Gasteiger partial charge is 0.303 e. The summed E-state index contributed by atoms with van der Waals surface area (Å²) in [6.07, 6.45) is -3.33. The fraction of sp³-hybridized carbons (Fsp3) is 0.571. The Labute approximate surface area is 199 Å². The van der Waals surface area contributed by atoms with Gasteiger partial charge in [0.15, 0.2) is 29.6 Å². The van der Waals surface area contributed by atoms with E-state index in [2.05, 4.69) is 20.3 Å². The van der Waals surface area contributed by atoms with Crippen molar-refractivity contribution in [2.45, 2.75) is 58.7 Å². The molecule has 1 aliphatic heterocycles. The molecule has 3 heterocycles. The standard InChI is InChI=1S/C21H28N6O8/c1-9(2)18(31)24-21-23-17-14(19(32)25-21)22-8-27(17)20-16(34-11(4)29)15(33-10(3)28)12(35-20)7-13(30)26(5)6/h8-9,12,15-16,20H,7H2,1-6H3,(H2,23,24,25,31,32)/t12-,15-,16-,20-/m1/s1. The summed E-state index contributed by atoms with van der Waals surface area (Å²) in [7, 11) is 3.12. The van der Waals surface area contributed by atoms with E-state index in [1.807, 2.05) is 0 Å². The summed E-state index contributed by atoms with van der Waals surface area (Å²) in [5, 5.41) is 2.52. The number of carbonyl (C=O) groups is 4. The molecule has 14 heteroatoms. The van der Waals surface area contributed by atoms with Crippen LogP contribution in [-0.4, -0.2) is 80.6 Å². The number of nitrogens with one attached hydrogen (secondary N) is 2. The Kier molecular flexibility index (Phi) is 7.53. The molecule has 0 radical (unpaired) electrons. The van der Waals surface area contributed by atoms with Gasteiger partial charge in [0.1, 0.15) is 6.10 Å². The SMILES string of the molecule is CC(=O)O[C@@H]1[C@H](OC(C)=O)[C@@H](CC(=O)N(C)C)O[C@H]1n1cnc2c(=O)[nH]c(NC(=O)C(C)C)nc21. The zero-order valence-electron chi connectivity index (χ0n) is 20.2. The topological polar surface area (TPSA) is 175 Å². The number of aromatic amines is 1. The molecule has 1 aliphatic rings. The monoisotopic (exact) mass is 492 g/mol. The Balaban J connectivity index is 2.08. The van der Waals surface area contributed by atoms with Crippen LogP contribution in [0.2, 0.25) is 0 Å². The van der Waals surface area contributed by atoms with Crippen LogP contribution in [0.1, 0.15) is 40.3 Å². The van der Waals surface area contributed by atoms with Gasteiger partial charge in [0.25, 0.3) is 5.56 Å². The number of hydrogen-bond donors (Lipinski definition) is 2. The van der Waals surface area contributed by atoms with E-state index in [0.29, 0.717) is 0 Å². The molecular formula is C21H28N6O8. The largest absolute Gasteiger partial charge is 0.456 e. The number of H-pyrrole nitrogens is 1. The molecule has 0 spiro atoms. The van der Waals surface area contributed by atoms with Crippen LogP contribution in [0.15, 0.2) is 11.1 Å². The summed E-state index contributed by atoms with van der Waals surface area (Å²) >= 11 is 0. The van der Waals surface area contributed by atoms with Gasteiger partial charge >= 0.3 is 11.9 Å². The van der Waals surface area contributed by atoms with E-state index in [9.17, 15) is 24.0 Å². The quantitative estimate of drug-likeness (QED) is 0.499. The number of anilines is 1. The van der Waals surface area contributed by atoms with E-state index in [1.54, 1.807) is 27.9 Å². The lowest BCUT2D eigenvalue weighted by Gasteiger charge is -2.24. The number of rotatable bonds is 7. The van der Waals surface area contributed by atoms with Crippen molar-refractivity contribution >= 4 is 40.9 Å². The number of aromatic nitrogens is 4. The molecule has 0 unspecified atom stereocenters. The lowest BCUT2D eigenvalue weighted by molar-refractivity contribution is -0.165. The second kappa shape index (κ2) is 10.2. The molecule has 35 heavy (non-hydrogen) atoms. The van der Waals surface area contributed by atoms with Gasteiger partial charge in [-0.3, -0.25) is 38.8 Å². The normalized spacial score (nSPS) is 21.7. The van der Waals surface area contributed by atoms with Crippen molar-refractivity contribution in [3.8, 4) is 0 Å². The molecule has 1 fully saturated rings. The average Bonchev–Trinajstić information content (AvgIpc) is 3.29. The third kappa shape index (κ3) is 5.65. The Hall–Kier alpha value is -3.81. The van der Waals surface area contributed by atoms with Gasteiger partial charge in [-0.1, -0.05) is 13.8 Å². The first kappa shape index (κ1) is 25.8. The summed E-state index contributed by atoms with van der Waals surface area (Å²) in [6, 6.07) is 0. The fourth-order valence-corrected chi connectivity index (χ4v) is 3.53.